The fourth-order valence-corrected chi connectivity index (χ4v) is 2.13. The molecule has 0 fully saturated rings. The van der Waals surface area contributed by atoms with Crippen molar-refractivity contribution in [1.82, 2.24) is 9.55 Å². The van der Waals surface area contributed by atoms with Crippen molar-refractivity contribution in [3.8, 4) is 0 Å². The van der Waals surface area contributed by atoms with Gasteiger partial charge in [-0.05, 0) is 26.0 Å². The lowest BCUT2D eigenvalue weighted by atomic mass is 10.1. The average Bonchev–Trinajstić information content (AvgIpc) is 2.41. The van der Waals surface area contributed by atoms with Crippen LogP contribution in [0.15, 0.2) is 29.1 Å². The van der Waals surface area contributed by atoms with E-state index < -0.39 is 5.60 Å². The SMILES string of the molecule is COC(C)(C)Cn1c(CCl)nc2ccccc2c1=O. The lowest BCUT2D eigenvalue weighted by molar-refractivity contribution is 0.00674. The Morgan fingerprint density at radius 2 is 2.05 bits per heavy atom. The van der Waals surface area contributed by atoms with Crippen molar-refractivity contribution in [2.45, 2.75) is 31.9 Å². The number of hydrogen-bond donors (Lipinski definition) is 0. The lowest BCUT2D eigenvalue weighted by Crippen LogP contribution is -2.36. The van der Waals surface area contributed by atoms with E-state index in [1.54, 1.807) is 17.7 Å². The van der Waals surface area contributed by atoms with E-state index in [1.165, 1.54) is 0 Å². The van der Waals surface area contributed by atoms with Crippen LogP contribution in [0.25, 0.3) is 10.9 Å². The number of nitrogens with zero attached hydrogens (tertiary/aromatic N) is 2. The van der Waals surface area contributed by atoms with Gasteiger partial charge in [-0.15, -0.1) is 11.6 Å². The van der Waals surface area contributed by atoms with Gasteiger partial charge in [0.2, 0.25) is 0 Å². The highest BCUT2D eigenvalue weighted by Crippen LogP contribution is 2.14. The molecule has 4 nitrogen and oxygen atoms in total. The fourth-order valence-electron chi connectivity index (χ4n) is 1.92. The third-order valence-corrected chi connectivity index (χ3v) is 3.39. The number of methoxy groups -OCH3 is 1. The molecule has 1 aromatic carbocycles. The molecule has 0 N–H and O–H groups in total. The monoisotopic (exact) mass is 280 g/mol. The highest BCUT2D eigenvalue weighted by molar-refractivity contribution is 6.16. The lowest BCUT2D eigenvalue weighted by Gasteiger charge is -2.25. The Balaban J connectivity index is 2.65. The maximum absolute atomic E-state index is 12.5. The predicted molar refractivity (Wildman–Crippen MR) is 76.6 cm³/mol. The van der Waals surface area contributed by atoms with Crippen molar-refractivity contribution in [2.24, 2.45) is 0 Å². The molecule has 0 aliphatic heterocycles. The first-order valence-electron chi connectivity index (χ1n) is 6.08. The molecule has 0 aliphatic rings. The standard InChI is InChI=1S/C14H17ClN2O2/c1-14(2,19-3)9-17-12(8-15)16-11-7-5-4-6-10(11)13(17)18/h4-7H,8-9H2,1-3H3. The Hall–Kier alpha value is -1.39. The molecule has 1 heterocycles. The van der Waals surface area contributed by atoms with Gasteiger partial charge in [-0.3, -0.25) is 9.36 Å². The second kappa shape index (κ2) is 5.31. The molecular formula is C14H17ClN2O2. The number of aromatic nitrogens is 2. The van der Waals surface area contributed by atoms with E-state index in [-0.39, 0.29) is 11.4 Å². The molecule has 102 valence electrons. The van der Waals surface area contributed by atoms with E-state index in [9.17, 15) is 4.79 Å². The minimum atomic E-state index is -0.450. The van der Waals surface area contributed by atoms with Gasteiger partial charge in [-0.1, -0.05) is 12.1 Å². The van der Waals surface area contributed by atoms with Crippen LogP contribution >= 0.6 is 11.6 Å². The number of halogens is 1. The topological polar surface area (TPSA) is 44.1 Å². The first-order chi connectivity index (χ1) is 8.98. The zero-order valence-corrected chi connectivity index (χ0v) is 12.1. The third kappa shape index (κ3) is 2.80. The van der Waals surface area contributed by atoms with Gasteiger partial charge in [-0.25, -0.2) is 4.98 Å². The molecule has 0 saturated carbocycles. The molecule has 1 aromatic heterocycles. The van der Waals surface area contributed by atoms with Crippen LogP contribution in [0, 0.1) is 0 Å². The van der Waals surface area contributed by atoms with Gasteiger partial charge >= 0.3 is 0 Å². The number of rotatable bonds is 4. The Morgan fingerprint density at radius 3 is 2.68 bits per heavy atom. The van der Waals surface area contributed by atoms with Crippen LogP contribution < -0.4 is 5.56 Å². The molecule has 2 aromatic rings. The number of benzene rings is 1. The normalized spacial score (nSPS) is 12.0. The van der Waals surface area contributed by atoms with Crippen molar-refractivity contribution < 1.29 is 4.74 Å². The van der Waals surface area contributed by atoms with Gasteiger partial charge in [-0.2, -0.15) is 0 Å². The quantitative estimate of drug-likeness (QED) is 0.809. The van der Waals surface area contributed by atoms with Crippen LogP contribution in [0.2, 0.25) is 0 Å². The predicted octanol–water partition coefficient (Wildman–Crippen LogP) is 2.56. The summed E-state index contributed by atoms with van der Waals surface area (Å²) in [6.45, 7) is 4.27. The smallest absolute Gasteiger partial charge is 0.261 e. The third-order valence-electron chi connectivity index (χ3n) is 3.15. The molecule has 0 radical (unpaired) electrons. The summed E-state index contributed by atoms with van der Waals surface area (Å²) < 4.78 is 6.97. The Morgan fingerprint density at radius 1 is 1.37 bits per heavy atom. The first-order valence-corrected chi connectivity index (χ1v) is 6.61. The molecule has 19 heavy (non-hydrogen) atoms. The molecule has 2 rings (SSSR count). The van der Waals surface area contributed by atoms with E-state index >= 15 is 0 Å². The average molecular weight is 281 g/mol. The van der Waals surface area contributed by atoms with Gasteiger partial charge in [0.05, 0.1) is 28.9 Å². The number of ether oxygens (including phenoxy) is 1. The molecule has 0 atom stereocenters. The molecule has 0 unspecified atom stereocenters. The van der Waals surface area contributed by atoms with Crippen LogP contribution in [0.5, 0.6) is 0 Å². The van der Waals surface area contributed by atoms with Gasteiger partial charge in [0.25, 0.3) is 5.56 Å². The van der Waals surface area contributed by atoms with E-state index in [2.05, 4.69) is 4.98 Å². The molecule has 0 aliphatic carbocycles. The number of hydrogen-bond acceptors (Lipinski definition) is 3. The molecule has 0 saturated heterocycles. The fraction of sp³-hybridized carbons (Fsp3) is 0.429. The zero-order chi connectivity index (χ0) is 14.0. The highest BCUT2D eigenvalue weighted by Gasteiger charge is 2.21. The van der Waals surface area contributed by atoms with Gasteiger partial charge < -0.3 is 4.74 Å². The molecule has 0 spiro atoms. The molecule has 0 amide bonds. The molecular weight excluding hydrogens is 264 g/mol. The second-order valence-electron chi connectivity index (χ2n) is 5.03. The largest absolute Gasteiger partial charge is 0.377 e. The van der Waals surface area contributed by atoms with Crippen molar-refractivity contribution in [3.05, 3.63) is 40.4 Å². The Bertz CT molecular complexity index is 649. The summed E-state index contributed by atoms with van der Waals surface area (Å²) in [5, 5.41) is 0.600. The number of fused-ring (bicyclic) bond motifs is 1. The summed E-state index contributed by atoms with van der Waals surface area (Å²) in [6, 6.07) is 7.28. The summed E-state index contributed by atoms with van der Waals surface area (Å²) in [5.74, 6) is 0.760. The van der Waals surface area contributed by atoms with E-state index in [0.29, 0.717) is 23.3 Å². The van der Waals surface area contributed by atoms with E-state index in [0.717, 1.165) is 0 Å². The van der Waals surface area contributed by atoms with Crippen molar-refractivity contribution in [2.75, 3.05) is 7.11 Å². The van der Waals surface area contributed by atoms with Crippen molar-refractivity contribution in [1.29, 1.82) is 0 Å². The summed E-state index contributed by atoms with van der Waals surface area (Å²) in [4.78, 5) is 17.0. The maximum atomic E-state index is 12.5. The maximum Gasteiger partial charge on any atom is 0.261 e. The summed E-state index contributed by atoms with van der Waals surface area (Å²) in [6.07, 6.45) is 0. The number of para-hydroxylation sites is 1. The van der Waals surface area contributed by atoms with Gasteiger partial charge in [0.15, 0.2) is 0 Å². The van der Waals surface area contributed by atoms with Crippen molar-refractivity contribution in [3.63, 3.8) is 0 Å². The molecule has 0 bridgehead atoms. The minimum Gasteiger partial charge on any atom is -0.377 e. The van der Waals surface area contributed by atoms with Crippen LogP contribution in [-0.2, 0) is 17.2 Å². The van der Waals surface area contributed by atoms with Crippen LogP contribution in [0.3, 0.4) is 0 Å². The van der Waals surface area contributed by atoms with E-state index in [1.807, 2.05) is 32.0 Å². The van der Waals surface area contributed by atoms with Gasteiger partial charge in [0.1, 0.15) is 5.82 Å². The summed E-state index contributed by atoms with van der Waals surface area (Å²) >= 11 is 5.91. The number of alkyl halides is 1. The Labute approximate surface area is 117 Å². The van der Waals surface area contributed by atoms with Crippen LogP contribution in [0.1, 0.15) is 19.7 Å². The second-order valence-corrected chi connectivity index (χ2v) is 5.30. The molecule has 5 heteroatoms. The van der Waals surface area contributed by atoms with Gasteiger partial charge in [0, 0.05) is 7.11 Å². The zero-order valence-electron chi connectivity index (χ0n) is 11.3. The summed E-state index contributed by atoms with van der Waals surface area (Å²) in [7, 11) is 1.62. The van der Waals surface area contributed by atoms with Crippen molar-refractivity contribution >= 4 is 22.5 Å². The Kier molecular flexibility index (Phi) is 3.92. The van der Waals surface area contributed by atoms with E-state index in [4.69, 9.17) is 16.3 Å². The minimum absolute atomic E-state index is 0.0774. The highest BCUT2D eigenvalue weighted by atomic mass is 35.5. The first kappa shape index (κ1) is 14.0. The van der Waals surface area contributed by atoms with Crippen LogP contribution in [-0.4, -0.2) is 22.3 Å². The summed E-state index contributed by atoms with van der Waals surface area (Å²) in [5.41, 5.74) is 0.149. The van der Waals surface area contributed by atoms with Crippen LogP contribution in [0.4, 0.5) is 0 Å².